The molecule has 1 aliphatic rings. The minimum atomic E-state index is 0.708. The molecule has 2 heterocycles. The van der Waals surface area contributed by atoms with Crippen LogP contribution in [0.25, 0.3) is 0 Å². The number of aryl methyl sites for hydroxylation is 1. The molecule has 0 bridgehead atoms. The SMILES string of the molecule is CCc1cnc(CNC(=NC)NCc2ccccc2CN2CCCCCC2)s1. The zero-order valence-electron chi connectivity index (χ0n) is 17.2. The predicted octanol–water partition coefficient (Wildman–Crippen LogP) is 3.95. The second-order valence-corrected chi connectivity index (χ2v) is 8.51. The number of hydrogen-bond donors (Lipinski definition) is 2. The van der Waals surface area contributed by atoms with Crippen molar-refractivity contribution >= 4 is 17.3 Å². The van der Waals surface area contributed by atoms with Crippen LogP contribution in [0.1, 0.15) is 53.6 Å². The highest BCUT2D eigenvalue weighted by Gasteiger charge is 2.12. The summed E-state index contributed by atoms with van der Waals surface area (Å²) < 4.78 is 0. The van der Waals surface area contributed by atoms with E-state index in [0.29, 0.717) is 6.54 Å². The molecule has 1 aromatic heterocycles. The molecule has 0 unspecified atom stereocenters. The number of guanidine groups is 1. The maximum Gasteiger partial charge on any atom is 0.191 e. The average Bonchev–Trinajstić information content (AvgIpc) is 3.04. The normalized spacial score (nSPS) is 16.0. The molecule has 28 heavy (non-hydrogen) atoms. The maximum absolute atomic E-state index is 4.47. The summed E-state index contributed by atoms with van der Waals surface area (Å²) in [6.07, 6.45) is 8.41. The maximum atomic E-state index is 4.47. The topological polar surface area (TPSA) is 52.6 Å². The van der Waals surface area contributed by atoms with Gasteiger partial charge in [-0.2, -0.15) is 0 Å². The van der Waals surface area contributed by atoms with Gasteiger partial charge < -0.3 is 10.6 Å². The van der Waals surface area contributed by atoms with Gasteiger partial charge in [0.05, 0.1) is 6.54 Å². The van der Waals surface area contributed by atoms with Crippen LogP contribution >= 0.6 is 11.3 Å². The summed E-state index contributed by atoms with van der Waals surface area (Å²) in [5, 5.41) is 7.94. The van der Waals surface area contributed by atoms with Crippen molar-refractivity contribution in [3.63, 3.8) is 0 Å². The largest absolute Gasteiger partial charge is 0.352 e. The molecule has 1 saturated heterocycles. The van der Waals surface area contributed by atoms with Crippen molar-refractivity contribution in [1.82, 2.24) is 20.5 Å². The van der Waals surface area contributed by atoms with Gasteiger partial charge in [0.15, 0.2) is 5.96 Å². The third kappa shape index (κ3) is 6.31. The number of aliphatic imine (C=N–C) groups is 1. The molecule has 3 rings (SSSR count). The lowest BCUT2D eigenvalue weighted by Gasteiger charge is -2.22. The molecule has 2 aromatic rings. The van der Waals surface area contributed by atoms with Crippen LogP contribution in [0.4, 0.5) is 0 Å². The standard InChI is InChI=1S/C22H33N5S/c1-3-20-15-24-21(28-20)16-26-22(23-2)25-14-18-10-6-7-11-19(18)17-27-12-8-4-5-9-13-27/h6-7,10-11,15H,3-5,8-9,12-14,16-17H2,1-2H3,(H2,23,25,26). The summed E-state index contributed by atoms with van der Waals surface area (Å²) in [6.45, 7) is 7.13. The van der Waals surface area contributed by atoms with E-state index < -0.39 is 0 Å². The summed E-state index contributed by atoms with van der Waals surface area (Å²) >= 11 is 1.76. The Hall–Kier alpha value is -1.92. The Morgan fingerprint density at radius 1 is 1.07 bits per heavy atom. The number of benzene rings is 1. The summed E-state index contributed by atoms with van der Waals surface area (Å²) in [7, 11) is 1.82. The molecule has 1 fully saturated rings. The third-order valence-corrected chi connectivity index (χ3v) is 6.38. The molecule has 2 N–H and O–H groups in total. The van der Waals surface area contributed by atoms with Crippen molar-refractivity contribution in [3.8, 4) is 0 Å². The van der Waals surface area contributed by atoms with Crippen molar-refractivity contribution < 1.29 is 0 Å². The molecule has 0 aliphatic carbocycles. The van der Waals surface area contributed by atoms with Crippen LogP contribution in [0.3, 0.4) is 0 Å². The number of nitrogens with zero attached hydrogens (tertiary/aromatic N) is 3. The van der Waals surface area contributed by atoms with Crippen molar-refractivity contribution in [2.75, 3.05) is 20.1 Å². The molecular weight excluding hydrogens is 366 g/mol. The molecular formula is C22H33N5S. The quantitative estimate of drug-likeness (QED) is 0.547. The monoisotopic (exact) mass is 399 g/mol. The van der Waals surface area contributed by atoms with Gasteiger partial charge in [0.1, 0.15) is 5.01 Å². The molecule has 152 valence electrons. The Bertz CT molecular complexity index is 747. The highest BCUT2D eigenvalue weighted by atomic mass is 32.1. The van der Waals surface area contributed by atoms with Gasteiger partial charge in [-0.25, -0.2) is 4.98 Å². The van der Waals surface area contributed by atoms with Crippen molar-refractivity contribution in [2.45, 2.75) is 58.7 Å². The summed E-state index contributed by atoms with van der Waals surface area (Å²) in [4.78, 5) is 12.8. The molecule has 5 nitrogen and oxygen atoms in total. The highest BCUT2D eigenvalue weighted by molar-refractivity contribution is 7.11. The lowest BCUT2D eigenvalue weighted by atomic mass is 10.1. The van der Waals surface area contributed by atoms with E-state index in [4.69, 9.17) is 0 Å². The van der Waals surface area contributed by atoms with Gasteiger partial charge in [0, 0.05) is 31.2 Å². The fraction of sp³-hybridized carbons (Fsp3) is 0.545. The Morgan fingerprint density at radius 3 is 2.46 bits per heavy atom. The van der Waals surface area contributed by atoms with Gasteiger partial charge in [-0.1, -0.05) is 44.0 Å². The van der Waals surface area contributed by atoms with Crippen LogP contribution in [0.5, 0.6) is 0 Å². The zero-order valence-corrected chi connectivity index (χ0v) is 18.0. The molecule has 0 spiro atoms. The molecule has 0 radical (unpaired) electrons. The summed E-state index contributed by atoms with van der Waals surface area (Å²) in [6, 6.07) is 8.76. The lowest BCUT2D eigenvalue weighted by Crippen LogP contribution is -2.36. The second kappa shape index (κ2) is 11.2. The number of aromatic nitrogens is 1. The van der Waals surface area contributed by atoms with E-state index in [-0.39, 0.29) is 0 Å². The lowest BCUT2D eigenvalue weighted by molar-refractivity contribution is 0.276. The second-order valence-electron chi connectivity index (χ2n) is 7.31. The number of nitrogens with one attached hydrogen (secondary N) is 2. The summed E-state index contributed by atoms with van der Waals surface area (Å²) in [5.74, 6) is 0.817. The average molecular weight is 400 g/mol. The van der Waals surface area contributed by atoms with Gasteiger partial charge in [-0.15, -0.1) is 11.3 Å². The number of likely N-dealkylation sites (tertiary alicyclic amines) is 1. The molecule has 1 aliphatic heterocycles. The van der Waals surface area contributed by atoms with Crippen molar-refractivity contribution in [3.05, 3.63) is 51.5 Å². The molecule has 0 atom stereocenters. The molecule has 0 amide bonds. The number of rotatable bonds is 7. The van der Waals surface area contributed by atoms with Gasteiger partial charge in [0.25, 0.3) is 0 Å². The minimum Gasteiger partial charge on any atom is -0.352 e. The van der Waals surface area contributed by atoms with Gasteiger partial charge in [-0.05, 0) is 43.5 Å². The fourth-order valence-electron chi connectivity index (χ4n) is 3.57. The Kier molecular flexibility index (Phi) is 8.30. The van der Waals surface area contributed by atoms with Crippen LogP contribution in [-0.4, -0.2) is 36.0 Å². The van der Waals surface area contributed by atoms with E-state index in [1.807, 2.05) is 13.2 Å². The fourth-order valence-corrected chi connectivity index (χ4v) is 4.37. The van der Waals surface area contributed by atoms with Crippen LogP contribution in [0.2, 0.25) is 0 Å². The van der Waals surface area contributed by atoms with Crippen molar-refractivity contribution in [1.29, 1.82) is 0 Å². The predicted molar refractivity (Wildman–Crippen MR) is 119 cm³/mol. The van der Waals surface area contributed by atoms with Crippen LogP contribution < -0.4 is 10.6 Å². The summed E-state index contributed by atoms with van der Waals surface area (Å²) in [5.41, 5.74) is 2.76. The third-order valence-electron chi connectivity index (χ3n) is 5.24. The first-order valence-corrected chi connectivity index (χ1v) is 11.3. The van der Waals surface area contributed by atoms with E-state index in [0.717, 1.165) is 30.5 Å². The molecule has 1 aromatic carbocycles. The van der Waals surface area contributed by atoms with Crippen LogP contribution in [0.15, 0.2) is 35.5 Å². The Balaban J connectivity index is 1.53. The Labute approximate surface area is 173 Å². The van der Waals surface area contributed by atoms with E-state index in [1.54, 1.807) is 11.3 Å². The van der Waals surface area contributed by atoms with Gasteiger partial charge in [-0.3, -0.25) is 9.89 Å². The van der Waals surface area contributed by atoms with E-state index in [2.05, 4.69) is 56.7 Å². The number of thiazole rings is 1. The van der Waals surface area contributed by atoms with E-state index in [9.17, 15) is 0 Å². The smallest absolute Gasteiger partial charge is 0.191 e. The molecule has 6 heteroatoms. The first kappa shape index (κ1) is 20.8. The van der Waals surface area contributed by atoms with Gasteiger partial charge >= 0.3 is 0 Å². The van der Waals surface area contributed by atoms with E-state index >= 15 is 0 Å². The van der Waals surface area contributed by atoms with Crippen molar-refractivity contribution in [2.24, 2.45) is 4.99 Å². The minimum absolute atomic E-state index is 0.708. The first-order valence-electron chi connectivity index (χ1n) is 10.5. The van der Waals surface area contributed by atoms with Gasteiger partial charge in [0.2, 0.25) is 0 Å². The first-order chi connectivity index (χ1) is 13.8. The number of hydrogen-bond acceptors (Lipinski definition) is 4. The molecule has 0 saturated carbocycles. The zero-order chi connectivity index (χ0) is 19.6. The van der Waals surface area contributed by atoms with Crippen LogP contribution in [-0.2, 0) is 26.1 Å². The van der Waals surface area contributed by atoms with Crippen LogP contribution in [0, 0.1) is 0 Å². The Morgan fingerprint density at radius 2 is 1.79 bits per heavy atom. The van der Waals surface area contributed by atoms with E-state index in [1.165, 1.54) is 54.8 Å². The highest BCUT2D eigenvalue weighted by Crippen LogP contribution is 2.16.